The van der Waals surface area contributed by atoms with Crippen LogP contribution in [-0.4, -0.2) is 59.1 Å². The number of piperidine rings is 1. The van der Waals surface area contributed by atoms with Gasteiger partial charge in [-0.2, -0.15) is 0 Å². The van der Waals surface area contributed by atoms with Crippen molar-refractivity contribution in [2.45, 2.75) is 37.8 Å². The summed E-state index contributed by atoms with van der Waals surface area (Å²) in [6.45, 7) is 2.43. The highest BCUT2D eigenvalue weighted by atomic mass is 35.5. The number of aliphatic hydroxyl groups excluding tert-OH is 1. The number of hydrogen-bond acceptors (Lipinski definition) is 4. The fourth-order valence-electron chi connectivity index (χ4n) is 3.56. The van der Waals surface area contributed by atoms with E-state index in [9.17, 15) is 14.7 Å². The Morgan fingerprint density at radius 3 is 2.72 bits per heavy atom. The summed E-state index contributed by atoms with van der Waals surface area (Å²) < 4.78 is 0. The van der Waals surface area contributed by atoms with Crippen LogP contribution in [0.4, 0.5) is 4.79 Å². The maximum atomic E-state index is 12.1. The highest BCUT2D eigenvalue weighted by Crippen LogP contribution is 2.31. The molecule has 2 aliphatic rings. The van der Waals surface area contributed by atoms with Gasteiger partial charge in [-0.05, 0) is 37.0 Å². The number of likely N-dealkylation sites (tertiary alicyclic amines) is 2. The molecule has 2 N–H and O–H groups in total. The van der Waals surface area contributed by atoms with E-state index >= 15 is 0 Å². The second-order valence-electron chi connectivity index (χ2n) is 6.66. The van der Waals surface area contributed by atoms with E-state index in [0.29, 0.717) is 37.5 Å². The summed E-state index contributed by atoms with van der Waals surface area (Å²) in [5.74, 6) is -0.0994. The summed E-state index contributed by atoms with van der Waals surface area (Å²) in [6.07, 6.45) is 2.28. The van der Waals surface area contributed by atoms with Gasteiger partial charge >= 0.3 is 6.03 Å². The van der Waals surface area contributed by atoms with Gasteiger partial charge in [0.05, 0.1) is 6.10 Å². The zero-order chi connectivity index (χ0) is 17.8. The van der Waals surface area contributed by atoms with Crippen molar-refractivity contribution in [2.75, 3.05) is 26.2 Å². The topological polar surface area (TPSA) is 72.9 Å². The first-order valence-corrected chi connectivity index (χ1v) is 9.18. The normalized spacial score (nSPS) is 24.6. The third-order valence-corrected chi connectivity index (χ3v) is 5.19. The van der Waals surface area contributed by atoms with Crippen LogP contribution in [0.5, 0.6) is 0 Å². The Labute approximate surface area is 152 Å². The van der Waals surface area contributed by atoms with Gasteiger partial charge in [-0.25, -0.2) is 4.79 Å². The number of amides is 3. The number of imide groups is 1. The SMILES string of the molecule is O=C1CCCN1C(=O)NCCN1CCC(O)CC1c1ccc(Cl)cc1. The maximum Gasteiger partial charge on any atom is 0.324 e. The van der Waals surface area contributed by atoms with Crippen LogP contribution < -0.4 is 5.32 Å². The van der Waals surface area contributed by atoms with Crippen LogP contribution in [0.2, 0.25) is 5.02 Å². The number of nitrogens with zero attached hydrogens (tertiary/aromatic N) is 2. The Morgan fingerprint density at radius 1 is 1.28 bits per heavy atom. The third-order valence-electron chi connectivity index (χ3n) is 4.93. The molecule has 1 aromatic carbocycles. The van der Waals surface area contributed by atoms with Crippen LogP contribution in [0.25, 0.3) is 0 Å². The third kappa shape index (κ3) is 4.51. The quantitative estimate of drug-likeness (QED) is 0.857. The van der Waals surface area contributed by atoms with E-state index < -0.39 is 0 Å². The lowest BCUT2D eigenvalue weighted by molar-refractivity contribution is -0.125. The lowest BCUT2D eigenvalue weighted by Crippen LogP contribution is -2.46. The number of carbonyl (C=O) groups excluding carboxylic acids is 2. The van der Waals surface area contributed by atoms with Crippen LogP contribution in [0, 0.1) is 0 Å². The molecule has 2 atom stereocenters. The van der Waals surface area contributed by atoms with Crippen molar-refractivity contribution in [3.8, 4) is 0 Å². The molecule has 0 aliphatic carbocycles. The number of nitrogens with one attached hydrogen (secondary N) is 1. The molecule has 2 aliphatic heterocycles. The Hall–Kier alpha value is -1.63. The first-order chi connectivity index (χ1) is 12.0. The van der Waals surface area contributed by atoms with Crippen molar-refractivity contribution in [3.63, 3.8) is 0 Å². The number of urea groups is 1. The van der Waals surface area contributed by atoms with E-state index in [-0.39, 0.29) is 24.1 Å². The van der Waals surface area contributed by atoms with Crippen molar-refractivity contribution < 1.29 is 14.7 Å². The Kier molecular flexibility index (Phi) is 5.93. The number of carbonyl (C=O) groups is 2. The number of aliphatic hydroxyl groups is 1. The summed E-state index contributed by atoms with van der Waals surface area (Å²) in [4.78, 5) is 27.2. The monoisotopic (exact) mass is 365 g/mol. The van der Waals surface area contributed by atoms with Crippen molar-refractivity contribution >= 4 is 23.5 Å². The molecule has 2 unspecified atom stereocenters. The minimum Gasteiger partial charge on any atom is -0.393 e. The van der Waals surface area contributed by atoms with E-state index in [1.807, 2.05) is 24.3 Å². The van der Waals surface area contributed by atoms with Gasteiger partial charge in [0.1, 0.15) is 0 Å². The number of hydrogen-bond donors (Lipinski definition) is 2. The predicted octanol–water partition coefficient (Wildman–Crippen LogP) is 2.17. The largest absolute Gasteiger partial charge is 0.393 e. The summed E-state index contributed by atoms with van der Waals surface area (Å²) in [5.41, 5.74) is 1.11. The standard InChI is InChI=1S/C18H24ClN3O3/c19-14-5-3-13(4-6-14)16-12-15(23)7-10-21(16)11-8-20-18(25)22-9-1-2-17(22)24/h3-6,15-16,23H,1-2,7-12H2,(H,20,25). The molecule has 25 heavy (non-hydrogen) atoms. The van der Waals surface area contributed by atoms with Gasteiger partial charge in [-0.15, -0.1) is 0 Å². The highest BCUT2D eigenvalue weighted by molar-refractivity contribution is 6.30. The van der Waals surface area contributed by atoms with Crippen molar-refractivity contribution in [3.05, 3.63) is 34.9 Å². The van der Waals surface area contributed by atoms with E-state index in [1.54, 1.807) is 0 Å². The van der Waals surface area contributed by atoms with E-state index in [4.69, 9.17) is 11.6 Å². The Balaban J connectivity index is 1.56. The average molecular weight is 366 g/mol. The lowest BCUT2D eigenvalue weighted by atomic mass is 9.93. The first-order valence-electron chi connectivity index (χ1n) is 8.80. The van der Waals surface area contributed by atoms with Crippen molar-refractivity contribution in [1.29, 1.82) is 0 Å². The minimum atomic E-state index is -0.311. The number of halogens is 1. The average Bonchev–Trinajstić information content (AvgIpc) is 3.03. The van der Waals surface area contributed by atoms with E-state index in [0.717, 1.165) is 24.9 Å². The minimum absolute atomic E-state index is 0.0994. The zero-order valence-electron chi connectivity index (χ0n) is 14.2. The highest BCUT2D eigenvalue weighted by Gasteiger charge is 2.29. The fraction of sp³-hybridized carbons (Fsp3) is 0.556. The zero-order valence-corrected chi connectivity index (χ0v) is 14.9. The van der Waals surface area contributed by atoms with Crippen LogP contribution in [0.3, 0.4) is 0 Å². The Bertz CT molecular complexity index is 622. The lowest BCUT2D eigenvalue weighted by Gasteiger charge is -2.38. The molecule has 136 valence electrons. The van der Waals surface area contributed by atoms with Gasteiger partial charge in [0, 0.05) is 43.7 Å². The molecular weight excluding hydrogens is 342 g/mol. The first kappa shape index (κ1) is 18.2. The molecular formula is C18H24ClN3O3. The smallest absolute Gasteiger partial charge is 0.324 e. The second-order valence-corrected chi connectivity index (χ2v) is 7.10. The van der Waals surface area contributed by atoms with Crippen LogP contribution in [0.15, 0.2) is 24.3 Å². The van der Waals surface area contributed by atoms with Crippen LogP contribution >= 0.6 is 11.6 Å². The fourth-order valence-corrected chi connectivity index (χ4v) is 3.69. The number of benzene rings is 1. The van der Waals surface area contributed by atoms with Gasteiger partial charge in [-0.1, -0.05) is 23.7 Å². The molecule has 0 saturated carbocycles. The van der Waals surface area contributed by atoms with Gasteiger partial charge in [0.25, 0.3) is 0 Å². The Morgan fingerprint density at radius 2 is 2.04 bits per heavy atom. The summed E-state index contributed by atoms with van der Waals surface area (Å²) in [6, 6.07) is 7.49. The molecule has 6 nitrogen and oxygen atoms in total. The molecule has 2 fully saturated rings. The molecule has 0 radical (unpaired) electrons. The molecule has 2 heterocycles. The van der Waals surface area contributed by atoms with Crippen molar-refractivity contribution in [1.82, 2.24) is 15.1 Å². The predicted molar refractivity (Wildman–Crippen MR) is 95.4 cm³/mol. The molecule has 7 heteroatoms. The molecule has 0 bridgehead atoms. The summed E-state index contributed by atoms with van der Waals surface area (Å²) in [7, 11) is 0. The summed E-state index contributed by atoms with van der Waals surface area (Å²) >= 11 is 5.97. The van der Waals surface area contributed by atoms with E-state index in [1.165, 1.54) is 4.90 Å². The molecule has 3 rings (SSSR count). The molecule has 1 aromatic rings. The molecule has 2 saturated heterocycles. The van der Waals surface area contributed by atoms with Gasteiger partial charge in [0.2, 0.25) is 5.91 Å². The van der Waals surface area contributed by atoms with Crippen LogP contribution in [-0.2, 0) is 4.79 Å². The second kappa shape index (κ2) is 8.17. The molecule has 3 amide bonds. The van der Waals surface area contributed by atoms with Gasteiger partial charge < -0.3 is 10.4 Å². The van der Waals surface area contributed by atoms with E-state index in [2.05, 4.69) is 10.2 Å². The van der Waals surface area contributed by atoms with Crippen LogP contribution in [0.1, 0.15) is 37.3 Å². The molecule has 0 spiro atoms. The maximum absolute atomic E-state index is 12.1. The van der Waals surface area contributed by atoms with Crippen molar-refractivity contribution in [2.24, 2.45) is 0 Å². The van der Waals surface area contributed by atoms with Gasteiger partial charge in [-0.3, -0.25) is 14.6 Å². The molecule has 0 aromatic heterocycles. The van der Waals surface area contributed by atoms with Gasteiger partial charge in [0.15, 0.2) is 0 Å². The summed E-state index contributed by atoms with van der Waals surface area (Å²) in [5, 5.41) is 13.6. The number of rotatable bonds is 4.